The molecule has 0 amide bonds. The molecule has 1 saturated heterocycles. The highest BCUT2D eigenvalue weighted by atomic mass is 15.3. The van der Waals surface area contributed by atoms with Crippen LogP contribution in [-0.4, -0.2) is 53.4 Å². The van der Waals surface area contributed by atoms with E-state index < -0.39 is 0 Å². The maximum atomic E-state index is 6.33. The van der Waals surface area contributed by atoms with Crippen LogP contribution in [0.1, 0.15) is 23.6 Å². The molecule has 5 aromatic heterocycles. The molecular weight excluding hydrogens is 512 g/mol. The summed E-state index contributed by atoms with van der Waals surface area (Å²) in [6.07, 6.45) is 9.27. The van der Waals surface area contributed by atoms with Gasteiger partial charge in [0.1, 0.15) is 17.2 Å². The van der Waals surface area contributed by atoms with E-state index in [9.17, 15) is 0 Å². The lowest BCUT2D eigenvalue weighted by Crippen LogP contribution is -2.58. The third-order valence-corrected chi connectivity index (χ3v) is 8.06. The Morgan fingerprint density at radius 2 is 1.78 bits per heavy atom. The van der Waals surface area contributed by atoms with Gasteiger partial charge in [-0.3, -0.25) is 4.57 Å². The highest BCUT2D eigenvalue weighted by Crippen LogP contribution is 2.36. The fraction of sp³-hybridized carbons (Fsp3) is 0.194. The van der Waals surface area contributed by atoms with Crippen LogP contribution >= 0.6 is 0 Å². The van der Waals surface area contributed by atoms with Crippen LogP contribution in [0.5, 0.6) is 0 Å². The standard InChI is InChI=1S/C31H28N10/c32-29-24(5-3-14-34-29)30-37-26-11-12-28(40-16-4-15-35-40)38-31(26)41(30)22-8-9-23-20(17-22)7-10-25(23)36-21-18-39(19-21)27-6-1-2-13-33-27/h1-6,8-9,11-17,21,25,36H,7,10,18-19H2,(H2,32,34). The summed E-state index contributed by atoms with van der Waals surface area (Å²) in [6, 6.07) is 23.2. The number of hydrogen-bond donors (Lipinski definition) is 2. The van der Waals surface area contributed by atoms with E-state index in [4.69, 9.17) is 15.7 Å². The van der Waals surface area contributed by atoms with E-state index in [0.29, 0.717) is 23.7 Å². The third kappa shape index (κ3) is 4.11. The summed E-state index contributed by atoms with van der Waals surface area (Å²) in [5, 5.41) is 8.26. The molecule has 202 valence electrons. The topological polar surface area (TPSA) is 116 Å². The van der Waals surface area contributed by atoms with Gasteiger partial charge < -0.3 is 16.0 Å². The number of hydrogen-bond acceptors (Lipinski definition) is 8. The summed E-state index contributed by atoms with van der Waals surface area (Å²) in [5.74, 6) is 2.92. The first-order valence-corrected chi connectivity index (χ1v) is 13.9. The Kier molecular flexibility index (Phi) is 5.52. The van der Waals surface area contributed by atoms with Crippen LogP contribution in [0.25, 0.3) is 34.1 Å². The van der Waals surface area contributed by atoms with Crippen molar-refractivity contribution in [2.45, 2.75) is 24.9 Å². The minimum Gasteiger partial charge on any atom is -0.383 e. The summed E-state index contributed by atoms with van der Waals surface area (Å²) >= 11 is 0. The zero-order valence-electron chi connectivity index (χ0n) is 22.3. The molecule has 8 rings (SSSR count). The summed E-state index contributed by atoms with van der Waals surface area (Å²) in [4.78, 5) is 21.1. The lowest BCUT2D eigenvalue weighted by molar-refractivity contribution is 0.367. The predicted octanol–water partition coefficient (Wildman–Crippen LogP) is 4.11. The Labute approximate surface area is 236 Å². The number of nitrogen functional groups attached to an aromatic ring is 1. The van der Waals surface area contributed by atoms with Crippen molar-refractivity contribution in [3.05, 3.63) is 103 Å². The van der Waals surface area contributed by atoms with Crippen LogP contribution in [0.3, 0.4) is 0 Å². The molecule has 1 aliphatic heterocycles. The number of nitrogens with zero attached hydrogens (tertiary/aromatic N) is 8. The first-order valence-electron chi connectivity index (χ1n) is 13.9. The fourth-order valence-electron chi connectivity index (χ4n) is 6.02. The van der Waals surface area contributed by atoms with Crippen molar-refractivity contribution in [1.29, 1.82) is 0 Å². The van der Waals surface area contributed by atoms with Gasteiger partial charge in [0.15, 0.2) is 17.3 Å². The lowest BCUT2D eigenvalue weighted by atomic mass is 10.0. The Balaban J connectivity index is 1.14. The van der Waals surface area contributed by atoms with Crippen molar-refractivity contribution in [2.24, 2.45) is 0 Å². The first kappa shape index (κ1) is 23.8. The molecule has 1 aliphatic carbocycles. The van der Waals surface area contributed by atoms with Gasteiger partial charge in [0.05, 0.1) is 5.56 Å². The summed E-state index contributed by atoms with van der Waals surface area (Å²) in [5.41, 5.74) is 12.3. The van der Waals surface area contributed by atoms with E-state index in [-0.39, 0.29) is 0 Å². The molecule has 0 bridgehead atoms. The van der Waals surface area contributed by atoms with Crippen molar-refractivity contribution < 1.29 is 0 Å². The molecule has 2 aliphatic rings. The fourth-order valence-corrected chi connectivity index (χ4v) is 6.02. The molecule has 41 heavy (non-hydrogen) atoms. The molecule has 6 heterocycles. The predicted molar refractivity (Wildman–Crippen MR) is 158 cm³/mol. The largest absolute Gasteiger partial charge is 0.383 e. The second kappa shape index (κ2) is 9.53. The molecule has 0 radical (unpaired) electrons. The Bertz CT molecular complexity index is 1860. The molecule has 6 aromatic rings. The number of nitrogens with one attached hydrogen (secondary N) is 1. The molecule has 0 saturated carbocycles. The van der Waals surface area contributed by atoms with Gasteiger partial charge in [0, 0.05) is 55.6 Å². The van der Waals surface area contributed by atoms with E-state index in [2.05, 4.69) is 54.1 Å². The van der Waals surface area contributed by atoms with Crippen LogP contribution in [0.4, 0.5) is 11.6 Å². The third-order valence-electron chi connectivity index (χ3n) is 8.06. The van der Waals surface area contributed by atoms with Crippen LogP contribution in [-0.2, 0) is 6.42 Å². The average molecular weight is 541 g/mol. The van der Waals surface area contributed by atoms with Crippen molar-refractivity contribution in [2.75, 3.05) is 23.7 Å². The molecule has 1 fully saturated rings. The number of aryl methyl sites for hydroxylation is 1. The maximum absolute atomic E-state index is 6.33. The SMILES string of the molecule is Nc1ncccc1-c1nc2ccc(-n3cccn3)nc2n1-c1ccc2c(c1)CCC2NC1CN(c2ccccn2)C1. The summed E-state index contributed by atoms with van der Waals surface area (Å²) in [6.45, 7) is 1.95. The smallest absolute Gasteiger partial charge is 0.167 e. The van der Waals surface area contributed by atoms with Crippen LogP contribution in [0, 0.1) is 0 Å². The zero-order chi connectivity index (χ0) is 27.3. The Hall–Kier alpha value is -5.09. The van der Waals surface area contributed by atoms with E-state index >= 15 is 0 Å². The van der Waals surface area contributed by atoms with Gasteiger partial charge in [-0.25, -0.2) is 24.6 Å². The van der Waals surface area contributed by atoms with Crippen molar-refractivity contribution in [3.63, 3.8) is 0 Å². The monoisotopic (exact) mass is 540 g/mol. The van der Waals surface area contributed by atoms with Crippen molar-refractivity contribution in [3.8, 4) is 22.9 Å². The minimum absolute atomic E-state index is 0.340. The number of imidazole rings is 1. The number of aromatic nitrogens is 7. The number of anilines is 2. The second-order valence-corrected chi connectivity index (χ2v) is 10.6. The molecule has 1 aromatic carbocycles. The Morgan fingerprint density at radius 3 is 2.61 bits per heavy atom. The van der Waals surface area contributed by atoms with Crippen LogP contribution in [0.15, 0.2) is 91.5 Å². The maximum Gasteiger partial charge on any atom is 0.167 e. The summed E-state index contributed by atoms with van der Waals surface area (Å²) in [7, 11) is 0. The van der Waals surface area contributed by atoms with Crippen molar-refractivity contribution in [1.82, 2.24) is 39.6 Å². The highest BCUT2D eigenvalue weighted by molar-refractivity contribution is 5.83. The molecular formula is C31H28N10. The molecule has 1 atom stereocenters. The number of pyridine rings is 3. The number of nitrogens with two attached hydrogens (primary N) is 1. The molecule has 1 unspecified atom stereocenters. The number of benzene rings is 1. The first-order chi connectivity index (χ1) is 20.2. The van der Waals surface area contributed by atoms with E-state index in [1.807, 2.05) is 54.9 Å². The van der Waals surface area contributed by atoms with Crippen LogP contribution in [0.2, 0.25) is 0 Å². The van der Waals surface area contributed by atoms with Crippen molar-refractivity contribution >= 4 is 22.8 Å². The summed E-state index contributed by atoms with van der Waals surface area (Å²) < 4.78 is 3.84. The zero-order valence-corrected chi connectivity index (χ0v) is 22.3. The average Bonchev–Trinajstić information content (AvgIpc) is 3.74. The molecule has 3 N–H and O–H groups in total. The van der Waals surface area contributed by atoms with E-state index in [0.717, 1.165) is 60.0 Å². The van der Waals surface area contributed by atoms with Gasteiger partial charge in [0.2, 0.25) is 0 Å². The van der Waals surface area contributed by atoms with Crippen LogP contribution < -0.4 is 16.0 Å². The quantitative estimate of drug-likeness (QED) is 0.324. The van der Waals surface area contributed by atoms with Gasteiger partial charge in [-0.1, -0.05) is 12.1 Å². The van der Waals surface area contributed by atoms with Gasteiger partial charge in [-0.2, -0.15) is 5.10 Å². The molecule has 10 heteroatoms. The number of fused-ring (bicyclic) bond motifs is 2. The highest BCUT2D eigenvalue weighted by Gasteiger charge is 2.32. The van der Waals surface area contributed by atoms with E-state index in [1.165, 1.54) is 11.1 Å². The lowest BCUT2D eigenvalue weighted by Gasteiger charge is -2.42. The van der Waals surface area contributed by atoms with Gasteiger partial charge >= 0.3 is 0 Å². The van der Waals surface area contributed by atoms with E-state index in [1.54, 1.807) is 17.1 Å². The van der Waals surface area contributed by atoms with Gasteiger partial charge in [0.25, 0.3) is 0 Å². The normalized spacial score (nSPS) is 16.7. The molecule has 0 spiro atoms. The van der Waals surface area contributed by atoms with Gasteiger partial charge in [-0.15, -0.1) is 0 Å². The van der Waals surface area contributed by atoms with Gasteiger partial charge in [-0.05, 0) is 78.6 Å². The Morgan fingerprint density at radius 1 is 0.854 bits per heavy atom. The second-order valence-electron chi connectivity index (χ2n) is 10.6. The number of rotatable bonds is 6. The molecule has 10 nitrogen and oxygen atoms in total. The minimum atomic E-state index is 0.340.